The van der Waals surface area contributed by atoms with Gasteiger partial charge in [0.25, 0.3) is 5.91 Å². The molecule has 24 heavy (non-hydrogen) atoms. The molecule has 0 atom stereocenters. The van der Waals surface area contributed by atoms with E-state index in [1.54, 1.807) is 30.4 Å². The number of nitrogens with one attached hydrogen (secondary N) is 1. The Morgan fingerprint density at radius 2 is 2.04 bits per heavy atom. The summed E-state index contributed by atoms with van der Waals surface area (Å²) in [5.74, 6) is 0.459. The largest absolute Gasteiger partial charge is 0.494 e. The van der Waals surface area contributed by atoms with Crippen LogP contribution in [0.25, 0.3) is 5.69 Å². The van der Waals surface area contributed by atoms with Crippen molar-refractivity contribution in [2.45, 2.75) is 13.5 Å². The van der Waals surface area contributed by atoms with Crippen molar-refractivity contribution in [1.82, 2.24) is 25.1 Å². The van der Waals surface area contributed by atoms with Crippen LogP contribution in [-0.4, -0.2) is 32.8 Å². The van der Waals surface area contributed by atoms with Crippen molar-refractivity contribution in [2.24, 2.45) is 0 Å². The van der Waals surface area contributed by atoms with E-state index in [4.69, 9.17) is 4.74 Å². The average Bonchev–Trinajstić information content (AvgIpc) is 3.11. The second kappa shape index (κ2) is 6.91. The molecule has 1 aromatic carbocycles. The summed E-state index contributed by atoms with van der Waals surface area (Å²) in [6.07, 6.45) is 6.49. The zero-order chi connectivity index (χ0) is 16.9. The van der Waals surface area contributed by atoms with Crippen LogP contribution < -0.4 is 10.1 Å². The molecular weight excluding hydrogens is 306 g/mol. The van der Waals surface area contributed by atoms with Gasteiger partial charge in [-0.2, -0.15) is 5.10 Å². The van der Waals surface area contributed by atoms with Crippen LogP contribution in [0.4, 0.5) is 0 Å². The molecule has 0 aliphatic heterocycles. The number of amides is 1. The van der Waals surface area contributed by atoms with Crippen molar-refractivity contribution in [2.75, 3.05) is 7.11 Å². The lowest BCUT2D eigenvalue weighted by atomic mass is 10.3. The Bertz CT molecular complexity index is 842. The molecule has 0 unspecified atom stereocenters. The van der Waals surface area contributed by atoms with Crippen LogP contribution in [0.2, 0.25) is 0 Å². The summed E-state index contributed by atoms with van der Waals surface area (Å²) in [6, 6.07) is 7.47. The van der Waals surface area contributed by atoms with Gasteiger partial charge in [0.2, 0.25) is 0 Å². The van der Waals surface area contributed by atoms with Gasteiger partial charge in [0.15, 0.2) is 0 Å². The number of carbonyl (C=O) groups excluding carboxylic acids is 1. The van der Waals surface area contributed by atoms with Crippen LogP contribution >= 0.6 is 0 Å². The van der Waals surface area contributed by atoms with Crippen LogP contribution in [0.15, 0.2) is 49.1 Å². The molecule has 0 aliphatic rings. The minimum atomic E-state index is -0.224. The Labute approximate surface area is 139 Å². The molecule has 0 spiro atoms. The molecule has 7 nitrogen and oxygen atoms in total. The molecule has 0 saturated carbocycles. The maximum Gasteiger partial charge on any atom is 0.254 e. The van der Waals surface area contributed by atoms with Crippen molar-refractivity contribution < 1.29 is 9.53 Å². The predicted octanol–water partition coefficient (Wildman–Crippen LogP) is 1.91. The van der Waals surface area contributed by atoms with Gasteiger partial charge >= 0.3 is 0 Å². The summed E-state index contributed by atoms with van der Waals surface area (Å²) in [4.78, 5) is 20.6. The highest BCUT2D eigenvalue weighted by molar-refractivity contribution is 5.93. The van der Waals surface area contributed by atoms with Gasteiger partial charge in [-0.05, 0) is 19.1 Å². The number of benzene rings is 1. The zero-order valence-corrected chi connectivity index (χ0v) is 13.4. The molecule has 1 amide bonds. The van der Waals surface area contributed by atoms with E-state index in [1.165, 1.54) is 6.20 Å². The number of hydrogen-bond donors (Lipinski definition) is 1. The van der Waals surface area contributed by atoms with E-state index in [1.807, 2.05) is 31.2 Å². The number of aryl methyl sites for hydroxylation is 1. The van der Waals surface area contributed by atoms with E-state index < -0.39 is 0 Å². The fourth-order valence-corrected chi connectivity index (χ4v) is 2.17. The molecule has 0 aliphatic carbocycles. The summed E-state index contributed by atoms with van der Waals surface area (Å²) < 4.78 is 6.92. The zero-order valence-electron chi connectivity index (χ0n) is 13.4. The van der Waals surface area contributed by atoms with Gasteiger partial charge in [-0.3, -0.25) is 14.8 Å². The van der Waals surface area contributed by atoms with Crippen molar-refractivity contribution in [3.05, 3.63) is 66.0 Å². The van der Waals surface area contributed by atoms with Crippen molar-refractivity contribution in [3.63, 3.8) is 0 Å². The SMILES string of the molecule is COc1ccccc1-n1cc(C(=O)NCc2cnc(C)cn2)cn1. The molecular formula is C17H17N5O2. The minimum Gasteiger partial charge on any atom is -0.494 e. The van der Waals surface area contributed by atoms with Crippen LogP contribution in [-0.2, 0) is 6.54 Å². The van der Waals surface area contributed by atoms with E-state index in [2.05, 4.69) is 20.4 Å². The highest BCUT2D eigenvalue weighted by atomic mass is 16.5. The third-order valence-corrected chi connectivity index (χ3v) is 3.44. The summed E-state index contributed by atoms with van der Waals surface area (Å²) in [6.45, 7) is 2.17. The summed E-state index contributed by atoms with van der Waals surface area (Å²) >= 11 is 0. The number of hydrogen-bond acceptors (Lipinski definition) is 5. The Morgan fingerprint density at radius 1 is 1.21 bits per heavy atom. The maximum absolute atomic E-state index is 12.2. The average molecular weight is 323 g/mol. The fourth-order valence-electron chi connectivity index (χ4n) is 2.17. The molecule has 1 N–H and O–H groups in total. The second-order valence-electron chi connectivity index (χ2n) is 5.18. The van der Waals surface area contributed by atoms with Gasteiger partial charge in [-0.1, -0.05) is 12.1 Å². The topological polar surface area (TPSA) is 81.9 Å². The van der Waals surface area contributed by atoms with Crippen LogP contribution in [0.1, 0.15) is 21.7 Å². The third kappa shape index (κ3) is 3.40. The van der Waals surface area contributed by atoms with Crippen molar-refractivity contribution >= 4 is 5.91 Å². The molecule has 0 bridgehead atoms. The first-order valence-corrected chi connectivity index (χ1v) is 7.41. The predicted molar refractivity (Wildman–Crippen MR) is 88.1 cm³/mol. The minimum absolute atomic E-state index is 0.224. The van der Waals surface area contributed by atoms with E-state index in [0.29, 0.717) is 23.6 Å². The van der Waals surface area contributed by atoms with Crippen LogP contribution in [0, 0.1) is 6.92 Å². The fraction of sp³-hybridized carbons (Fsp3) is 0.176. The van der Waals surface area contributed by atoms with E-state index in [9.17, 15) is 4.79 Å². The van der Waals surface area contributed by atoms with Gasteiger partial charge in [0.05, 0.1) is 43.0 Å². The van der Waals surface area contributed by atoms with Gasteiger partial charge in [-0.15, -0.1) is 0 Å². The Hall–Kier alpha value is -3.22. The van der Waals surface area contributed by atoms with E-state index in [-0.39, 0.29) is 5.91 Å². The summed E-state index contributed by atoms with van der Waals surface area (Å²) in [5.41, 5.74) is 2.76. The summed E-state index contributed by atoms with van der Waals surface area (Å²) in [7, 11) is 1.60. The second-order valence-corrected chi connectivity index (χ2v) is 5.18. The quantitative estimate of drug-likeness (QED) is 0.775. The van der Waals surface area contributed by atoms with Gasteiger partial charge < -0.3 is 10.1 Å². The third-order valence-electron chi connectivity index (χ3n) is 3.44. The first-order chi connectivity index (χ1) is 11.7. The number of nitrogens with zero attached hydrogens (tertiary/aromatic N) is 4. The summed E-state index contributed by atoms with van der Waals surface area (Å²) in [5, 5.41) is 7.03. The number of carbonyl (C=O) groups is 1. The molecule has 7 heteroatoms. The molecule has 122 valence electrons. The molecule has 2 heterocycles. The molecule has 2 aromatic heterocycles. The molecule has 0 saturated heterocycles. The normalized spacial score (nSPS) is 10.4. The van der Waals surface area contributed by atoms with Crippen molar-refractivity contribution in [3.8, 4) is 11.4 Å². The van der Waals surface area contributed by atoms with E-state index in [0.717, 1.165) is 11.4 Å². The molecule has 0 radical (unpaired) electrons. The number of rotatable bonds is 5. The van der Waals surface area contributed by atoms with Gasteiger partial charge in [0.1, 0.15) is 11.4 Å². The number of ether oxygens (including phenoxy) is 1. The van der Waals surface area contributed by atoms with Crippen LogP contribution in [0.3, 0.4) is 0 Å². The number of methoxy groups -OCH3 is 1. The van der Waals surface area contributed by atoms with Gasteiger partial charge in [0, 0.05) is 12.4 Å². The van der Waals surface area contributed by atoms with Crippen LogP contribution in [0.5, 0.6) is 5.75 Å². The Kier molecular flexibility index (Phi) is 4.51. The highest BCUT2D eigenvalue weighted by Crippen LogP contribution is 2.21. The lowest BCUT2D eigenvalue weighted by Gasteiger charge is -2.07. The van der Waals surface area contributed by atoms with Crippen molar-refractivity contribution in [1.29, 1.82) is 0 Å². The Balaban J connectivity index is 1.70. The molecule has 3 aromatic rings. The highest BCUT2D eigenvalue weighted by Gasteiger charge is 2.11. The first-order valence-electron chi connectivity index (χ1n) is 7.41. The monoisotopic (exact) mass is 323 g/mol. The smallest absolute Gasteiger partial charge is 0.254 e. The lowest BCUT2D eigenvalue weighted by molar-refractivity contribution is 0.0950. The standard InChI is InChI=1S/C17H17N5O2/c1-12-7-19-14(9-18-12)10-20-17(23)13-8-21-22(11-13)15-5-3-4-6-16(15)24-2/h3-9,11H,10H2,1-2H3,(H,20,23). The maximum atomic E-state index is 12.2. The molecule has 3 rings (SSSR count). The van der Waals surface area contributed by atoms with E-state index >= 15 is 0 Å². The number of para-hydroxylation sites is 2. The first kappa shape index (κ1) is 15.7. The Morgan fingerprint density at radius 3 is 2.79 bits per heavy atom. The lowest BCUT2D eigenvalue weighted by Crippen LogP contribution is -2.23. The molecule has 0 fully saturated rings. The number of aromatic nitrogens is 4. The van der Waals surface area contributed by atoms with Gasteiger partial charge in [-0.25, -0.2) is 4.68 Å².